The molecule has 0 spiro atoms. The zero-order valence-corrected chi connectivity index (χ0v) is 27.1. The molecule has 5 rings (SSSR count). The Hall–Kier alpha value is -4.34. The van der Waals surface area contributed by atoms with Crippen molar-refractivity contribution in [1.29, 1.82) is 0 Å². The van der Waals surface area contributed by atoms with E-state index in [9.17, 15) is 14.4 Å². The summed E-state index contributed by atoms with van der Waals surface area (Å²) in [5, 5.41) is 6.95. The van der Waals surface area contributed by atoms with Gasteiger partial charge in [-0.1, -0.05) is 48.0 Å². The van der Waals surface area contributed by atoms with Gasteiger partial charge in [-0.05, 0) is 76.6 Å². The summed E-state index contributed by atoms with van der Waals surface area (Å²) in [5.74, 6) is -0.222. The molecule has 0 radical (unpaired) electrons. The normalized spacial score (nSPS) is 16.2. The molecule has 3 aromatic rings. The number of amides is 3. The van der Waals surface area contributed by atoms with Crippen LogP contribution in [0.3, 0.4) is 0 Å². The highest BCUT2D eigenvalue weighted by Gasteiger charge is 2.30. The molecule has 2 aliphatic rings. The second-order valence-corrected chi connectivity index (χ2v) is 13.0. The lowest BCUT2D eigenvalue weighted by Crippen LogP contribution is -2.53. The van der Waals surface area contributed by atoms with Gasteiger partial charge in [0.15, 0.2) is 0 Å². The molecular formula is C35H40ClN5O4. The Kier molecular flexibility index (Phi) is 9.51. The van der Waals surface area contributed by atoms with Crippen LogP contribution >= 0.6 is 11.6 Å². The summed E-state index contributed by atoms with van der Waals surface area (Å²) in [7, 11) is 0. The lowest BCUT2D eigenvalue weighted by atomic mass is 10.00. The number of piperazine rings is 1. The highest BCUT2D eigenvalue weighted by atomic mass is 35.5. The van der Waals surface area contributed by atoms with Crippen molar-refractivity contribution >= 4 is 57.8 Å². The first-order valence-electron chi connectivity index (χ1n) is 15.2. The van der Waals surface area contributed by atoms with Gasteiger partial charge in [0.2, 0.25) is 5.91 Å². The number of benzene rings is 3. The average molecular weight is 630 g/mol. The predicted molar refractivity (Wildman–Crippen MR) is 180 cm³/mol. The molecule has 1 fully saturated rings. The van der Waals surface area contributed by atoms with Crippen LogP contribution in [0.1, 0.15) is 45.7 Å². The maximum absolute atomic E-state index is 13.6. The van der Waals surface area contributed by atoms with Crippen LogP contribution in [0.2, 0.25) is 5.02 Å². The van der Waals surface area contributed by atoms with Crippen molar-refractivity contribution in [3.63, 3.8) is 0 Å². The third-order valence-corrected chi connectivity index (χ3v) is 7.86. The van der Waals surface area contributed by atoms with E-state index in [4.69, 9.17) is 16.3 Å². The second-order valence-electron chi connectivity index (χ2n) is 12.5. The minimum absolute atomic E-state index is 0.0126. The Labute approximate surface area is 269 Å². The number of hydrogen-bond donors (Lipinski definition) is 2. The zero-order chi connectivity index (χ0) is 32.3. The number of carbonyl (C=O) groups is 3. The lowest BCUT2D eigenvalue weighted by molar-refractivity contribution is -0.120. The largest absolute Gasteiger partial charge is 0.444 e. The highest BCUT2D eigenvalue weighted by molar-refractivity contribution is 6.38. The Morgan fingerprint density at radius 2 is 1.64 bits per heavy atom. The summed E-state index contributed by atoms with van der Waals surface area (Å²) >= 11 is 6.19. The van der Waals surface area contributed by atoms with Gasteiger partial charge < -0.3 is 25.2 Å². The maximum atomic E-state index is 13.6. The molecule has 0 aromatic heterocycles. The standard InChI is InChI=1S/C35H40ClN5O4/c1-23(2)41(30(42)22-39-17-19-40(20-18-39)34(44)45-35(3,4)5)27-14-12-26(13-15-27)37-32(24-9-7-6-8-10-24)31-28-16-11-25(36)21-29(28)38-33(31)43/h6-16,21,23,37H,17-20,22H2,1-5H3,(H,38,43)/b32-31-. The fraction of sp³-hybridized carbons (Fsp3) is 0.343. The molecule has 3 aromatic carbocycles. The molecular weight excluding hydrogens is 590 g/mol. The maximum Gasteiger partial charge on any atom is 0.410 e. The first-order valence-corrected chi connectivity index (χ1v) is 15.6. The van der Waals surface area contributed by atoms with Gasteiger partial charge in [0.25, 0.3) is 5.91 Å². The summed E-state index contributed by atoms with van der Waals surface area (Å²) in [5.41, 5.74) is 4.52. The fourth-order valence-electron chi connectivity index (χ4n) is 5.54. The molecule has 0 saturated carbocycles. The molecule has 45 heavy (non-hydrogen) atoms. The van der Waals surface area contributed by atoms with E-state index in [0.717, 1.165) is 22.5 Å². The number of nitrogens with zero attached hydrogens (tertiary/aromatic N) is 3. The lowest BCUT2D eigenvalue weighted by Gasteiger charge is -2.36. The van der Waals surface area contributed by atoms with Crippen LogP contribution in [-0.2, 0) is 14.3 Å². The van der Waals surface area contributed by atoms with E-state index in [0.29, 0.717) is 48.2 Å². The van der Waals surface area contributed by atoms with Crippen LogP contribution in [-0.4, -0.2) is 72.1 Å². The van der Waals surface area contributed by atoms with E-state index >= 15 is 0 Å². The molecule has 2 N–H and O–H groups in total. The van der Waals surface area contributed by atoms with Crippen LogP contribution in [0.4, 0.5) is 21.9 Å². The van der Waals surface area contributed by atoms with Crippen molar-refractivity contribution in [2.75, 3.05) is 48.3 Å². The van der Waals surface area contributed by atoms with Gasteiger partial charge in [0.1, 0.15) is 5.60 Å². The molecule has 0 atom stereocenters. The third kappa shape index (κ3) is 7.67. The van der Waals surface area contributed by atoms with Gasteiger partial charge in [0.05, 0.1) is 23.5 Å². The summed E-state index contributed by atoms with van der Waals surface area (Å²) in [4.78, 5) is 44.7. The Balaban J connectivity index is 1.31. The van der Waals surface area contributed by atoms with Crippen LogP contribution in [0.25, 0.3) is 11.3 Å². The number of fused-ring (bicyclic) bond motifs is 1. The topological polar surface area (TPSA) is 94.2 Å². The Morgan fingerprint density at radius 1 is 0.978 bits per heavy atom. The highest BCUT2D eigenvalue weighted by Crippen LogP contribution is 2.39. The molecule has 1 saturated heterocycles. The third-order valence-electron chi connectivity index (χ3n) is 7.62. The van der Waals surface area contributed by atoms with Crippen molar-refractivity contribution < 1.29 is 19.1 Å². The van der Waals surface area contributed by atoms with Gasteiger partial charge in [-0.25, -0.2) is 4.79 Å². The Bertz CT molecular complexity index is 1590. The first-order chi connectivity index (χ1) is 21.4. The number of rotatable bonds is 7. The van der Waals surface area contributed by atoms with Crippen LogP contribution in [0.15, 0.2) is 72.8 Å². The molecule has 3 amide bonds. The molecule has 2 heterocycles. The van der Waals surface area contributed by atoms with Crippen LogP contribution < -0.4 is 15.5 Å². The Morgan fingerprint density at radius 3 is 2.27 bits per heavy atom. The molecule has 2 aliphatic heterocycles. The molecule has 236 valence electrons. The van der Waals surface area contributed by atoms with Crippen molar-refractivity contribution in [3.05, 3.63) is 88.9 Å². The first kappa shape index (κ1) is 32.1. The van der Waals surface area contributed by atoms with E-state index < -0.39 is 5.60 Å². The minimum Gasteiger partial charge on any atom is -0.444 e. The van der Waals surface area contributed by atoms with E-state index in [-0.39, 0.29) is 30.5 Å². The van der Waals surface area contributed by atoms with Crippen molar-refractivity contribution in [2.45, 2.75) is 46.3 Å². The monoisotopic (exact) mass is 629 g/mol. The molecule has 0 aliphatic carbocycles. The van der Waals surface area contributed by atoms with Crippen LogP contribution in [0, 0.1) is 0 Å². The molecule has 0 bridgehead atoms. The summed E-state index contributed by atoms with van der Waals surface area (Å²) in [6.07, 6.45) is -0.320. The predicted octanol–water partition coefficient (Wildman–Crippen LogP) is 6.57. The van der Waals surface area contributed by atoms with E-state index in [1.165, 1.54) is 0 Å². The summed E-state index contributed by atoms with van der Waals surface area (Å²) in [6.45, 7) is 12.0. The summed E-state index contributed by atoms with van der Waals surface area (Å²) in [6, 6.07) is 22.7. The molecule has 0 unspecified atom stereocenters. The van der Waals surface area contributed by atoms with Gasteiger partial charge in [-0.3, -0.25) is 14.5 Å². The van der Waals surface area contributed by atoms with Crippen molar-refractivity contribution in [1.82, 2.24) is 9.80 Å². The zero-order valence-electron chi connectivity index (χ0n) is 26.4. The average Bonchev–Trinajstić information content (AvgIpc) is 3.30. The number of anilines is 3. The smallest absolute Gasteiger partial charge is 0.410 e. The quantitative estimate of drug-likeness (QED) is 0.287. The van der Waals surface area contributed by atoms with Gasteiger partial charge in [0, 0.05) is 54.2 Å². The minimum atomic E-state index is -0.543. The van der Waals surface area contributed by atoms with Crippen LogP contribution in [0.5, 0.6) is 0 Å². The fourth-order valence-corrected chi connectivity index (χ4v) is 5.71. The number of carbonyl (C=O) groups excluding carboxylic acids is 3. The number of halogens is 1. The second kappa shape index (κ2) is 13.3. The summed E-state index contributed by atoms with van der Waals surface area (Å²) < 4.78 is 5.49. The van der Waals surface area contributed by atoms with Gasteiger partial charge in [-0.2, -0.15) is 0 Å². The number of ether oxygens (including phenoxy) is 1. The van der Waals surface area contributed by atoms with E-state index in [1.54, 1.807) is 21.9 Å². The van der Waals surface area contributed by atoms with Gasteiger partial charge >= 0.3 is 6.09 Å². The van der Waals surface area contributed by atoms with E-state index in [2.05, 4.69) is 15.5 Å². The van der Waals surface area contributed by atoms with Crippen molar-refractivity contribution in [2.24, 2.45) is 0 Å². The SMILES string of the molecule is CC(C)N(C(=O)CN1CCN(C(=O)OC(C)(C)C)CC1)c1ccc(N/C(=C2\C(=O)Nc3cc(Cl)ccc32)c2ccccc2)cc1. The van der Waals surface area contributed by atoms with Crippen molar-refractivity contribution in [3.8, 4) is 0 Å². The number of hydrogen-bond acceptors (Lipinski definition) is 6. The molecule has 10 heteroatoms. The van der Waals surface area contributed by atoms with E-state index in [1.807, 2.05) is 95.3 Å². The number of nitrogens with one attached hydrogen (secondary N) is 2. The van der Waals surface area contributed by atoms with Gasteiger partial charge in [-0.15, -0.1) is 0 Å². The molecule has 9 nitrogen and oxygen atoms in total.